The number of nitrogens with zero attached hydrogens (tertiary/aromatic N) is 2. The van der Waals surface area contributed by atoms with Gasteiger partial charge in [0.25, 0.3) is 0 Å². The number of aromatic carboxylic acids is 1. The lowest BCUT2D eigenvalue weighted by atomic mass is 10.1. The van der Waals surface area contributed by atoms with E-state index in [0.29, 0.717) is 5.82 Å². The van der Waals surface area contributed by atoms with Gasteiger partial charge in [0.15, 0.2) is 5.69 Å². The Hall–Kier alpha value is -2.36. The van der Waals surface area contributed by atoms with Gasteiger partial charge < -0.3 is 10.0 Å². The Labute approximate surface area is 117 Å². The molecular weight excluding hydrogens is 252 g/mol. The Morgan fingerprint density at radius 1 is 1.10 bits per heavy atom. The number of hydrogen-bond acceptors (Lipinski definition) is 3. The zero-order valence-electron chi connectivity index (χ0n) is 11.1. The highest BCUT2D eigenvalue weighted by Gasteiger charge is 2.18. The molecule has 0 unspecified atom stereocenters. The fraction of sp³-hybridized carbons (Fsp3) is 0.250. The number of rotatable bonds is 2. The van der Waals surface area contributed by atoms with Gasteiger partial charge in [-0.1, -0.05) is 24.3 Å². The van der Waals surface area contributed by atoms with Crippen molar-refractivity contribution in [3.8, 4) is 0 Å². The first-order valence-electron chi connectivity index (χ1n) is 6.81. The third-order valence-electron chi connectivity index (χ3n) is 3.59. The standard InChI is InChI=1S/C16H16N2O2/c19-16(20)13-8-5-10-15(17-13)18-11-4-3-7-12-6-1-2-9-14(12)18/h1-2,5-6,8-10H,3-4,7,11H2,(H,19,20). The minimum absolute atomic E-state index is 0.0872. The topological polar surface area (TPSA) is 53.4 Å². The van der Waals surface area contributed by atoms with E-state index >= 15 is 0 Å². The fourth-order valence-corrected chi connectivity index (χ4v) is 2.62. The van der Waals surface area contributed by atoms with Crippen LogP contribution in [0.2, 0.25) is 0 Å². The summed E-state index contributed by atoms with van der Waals surface area (Å²) in [6.45, 7) is 0.868. The Bertz CT molecular complexity index is 640. The zero-order chi connectivity index (χ0) is 13.9. The summed E-state index contributed by atoms with van der Waals surface area (Å²) < 4.78 is 0. The van der Waals surface area contributed by atoms with Gasteiger partial charge in [0.1, 0.15) is 5.82 Å². The molecule has 0 amide bonds. The number of pyridine rings is 1. The van der Waals surface area contributed by atoms with Gasteiger partial charge in [-0.15, -0.1) is 0 Å². The number of carboxylic acid groups (broad SMARTS) is 1. The van der Waals surface area contributed by atoms with Crippen LogP contribution in [0.25, 0.3) is 0 Å². The summed E-state index contributed by atoms with van der Waals surface area (Å²) >= 11 is 0. The number of fused-ring (bicyclic) bond motifs is 1. The molecule has 2 heterocycles. The van der Waals surface area contributed by atoms with Crippen LogP contribution in [0.1, 0.15) is 28.9 Å². The number of carboxylic acids is 1. The molecular formula is C16H16N2O2. The maximum Gasteiger partial charge on any atom is 0.354 e. The Morgan fingerprint density at radius 3 is 2.80 bits per heavy atom. The van der Waals surface area contributed by atoms with E-state index < -0.39 is 5.97 Å². The minimum atomic E-state index is -0.991. The SMILES string of the molecule is O=C(O)c1cccc(N2CCCCc3ccccc32)n1. The molecule has 0 atom stereocenters. The first-order valence-corrected chi connectivity index (χ1v) is 6.81. The van der Waals surface area contributed by atoms with Crippen LogP contribution in [-0.4, -0.2) is 22.6 Å². The summed E-state index contributed by atoms with van der Waals surface area (Å²) in [6.07, 6.45) is 3.28. The number of hydrogen-bond donors (Lipinski definition) is 1. The van der Waals surface area contributed by atoms with E-state index in [0.717, 1.165) is 31.5 Å². The van der Waals surface area contributed by atoms with Gasteiger partial charge in [0.05, 0.1) is 0 Å². The van der Waals surface area contributed by atoms with Crippen LogP contribution in [0.5, 0.6) is 0 Å². The first kappa shape index (κ1) is 12.7. The van der Waals surface area contributed by atoms with Crippen molar-refractivity contribution in [3.05, 3.63) is 53.7 Å². The Kier molecular flexibility index (Phi) is 3.37. The molecule has 0 bridgehead atoms. The first-order chi connectivity index (χ1) is 9.75. The number of anilines is 2. The second-order valence-electron chi connectivity index (χ2n) is 4.92. The van der Waals surface area contributed by atoms with Gasteiger partial charge in [-0.3, -0.25) is 0 Å². The van der Waals surface area contributed by atoms with Crippen LogP contribution in [0.15, 0.2) is 42.5 Å². The van der Waals surface area contributed by atoms with E-state index in [1.54, 1.807) is 6.07 Å². The molecule has 0 radical (unpaired) electrons. The van der Waals surface area contributed by atoms with Gasteiger partial charge in [-0.2, -0.15) is 0 Å². The van der Waals surface area contributed by atoms with Crippen LogP contribution >= 0.6 is 0 Å². The van der Waals surface area contributed by atoms with E-state index in [2.05, 4.69) is 22.0 Å². The monoisotopic (exact) mass is 268 g/mol. The average molecular weight is 268 g/mol. The maximum atomic E-state index is 11.1. The predicted octanol–water partition coefficient (Wildman–Crippen LogP) is 3.25. The van der Waals surface area contributed by atoms with Crippen LogP contribution in [0.3, 0.4) is 0 Å². The molecule has 1 N–H and O–H groups in total. The van der Waals surface area contributed by atoms with Crippen molar-refractivity contribution in [3.63, 3.8) is 0 Å². The molecule has 0 aliphatic carbocycles. The van der Waals surface area contributed by atoms with Crippen molar-refractivity contribution in [2.75, 3.05) is 11.4 Å². The Balaban J connectivity index is 2.05. The number of benzene rings is 1. The van der Waals surface area contributed by atoms with Crippen molar-refractivity contribution >= 4 is 17.5 Å². The van der Waals surface area contributed by atoms with Crippen LogP contribution in [0, 0.1) is 0 Å². The lowest BCUT2D eigenvalue weighted by molar-refractivity contribution is 0.0690. The third kappa shape index (κ3) is 2.37. The fourth-order valence-electron chi connectivity index (χ4n) is 2.62. The number of aryl methyl sites for hydroxylation is 1. The molecule has 1 aromatic heterocycles. The smallest absolute Gasteiger partial charge is 0.354 e. The van der Waals surface area contributed by atoms with Crippen LogP contribution in [-0.2, 0) is 6.42 Å². The van der Waals surface area contributed by atoms with Gasteiger partial charge in [0, 0.05) is 12.2 Å². The van der Waals surface area contributed by atoms with Crippen molar-refractivity contribution in [1.82, 2.24) is 4.98 Å². The van der Waals surface area contributed by atoms with Gasteiger partial charge in [-0.25, -0.2) is 9.78 Å². The van der Waals surface area contributed by atoms with E-state index in [-0.39, 0.29) is 5.69 Å². The van der Waals surface area contributed by atoms with E-state index in [1.807, 2.05) is 18.2 Å². The highest BCUT2D eigenvalue weighted by molar-refractivity contribution is 5.86. The molecule has 1 aromatic carbocycles. The van der Waals surface area contributed by atoms with Crippen molar-refractivity contribution in [1.29, 1.82) is 0 Å². The molecule has 20 heavy (non-hydrogen) atoms. The normalized spacial score (nSPS) is 14.5. The minimum Gasteiger partial charge on any atom is -0.477 e. The molecule has 4 heteroatoms. The van der Waals surface area contributed by atoms with Crippen molar-refractivity contribution < 1.29 is 9.90 Å². The second-order valence-corrected chi connectivity index (χ2v) is 4.92. The average Bonchev–Trinajstić information content (AvgIpc) is 2.69. The molecule has 1 aliphatic heterocycles. The van der Waals surface area contributed by atoms with Crippen molar-refractivity contribution in [2.24, 2.45) is 0 Å². The zero-order valence-corrected chi connectivity index (χ0v) is 11.1. The molecule has 0 fully saturated rings. The second kappa shape index (κ2) is 5.33. The van der Waals surface area contributed by atoms with Gasteiger partial charge in [-0.05, 0) is 43.0 Å². The van der Waals surface area contributed by atoms with Crippen molar-refractivity contribution in [2.45, 2.75) is 19.3 Å². The summed E-state index contributed by atoms with van der Waals surface area (Å²) in [5.41, 5.74) is 2.52. The predicted molar refractivity (Wildman–Crippen MR) is 77.6 cm³/mol. The quantitative estimate of drug-likeness (QED) is 0.908. The van der Waals surface area contributed by atoms with Crippen LogP contribution < -0.4 is 4.90 Å². The molecule has 0 saturated heterocycles. The van der Waals surface area contributed by atoms with Gasteiger partial charge >= 0.3 is 5.97 Å². The molecule has 3 rings (SSSR count). The lowest BCUT2D eigenvalue weighted by Crippen LogP contribution is -2.20. The molecule has 2 aromatic rings. The molecule has 1 aliphatic rings. The largest absolute Gasteiger partial charge is 0.477 e. The van der Waals surface area contributed by atoms with Gasteiger partial charge in [0.2, 0.25) is 0 Å². The number of aromatic nitrogens is 1. The highest BCUT2D eigenvalue weighted by Crippen LogP contribution is 2.31. The molecule has 0 spiro atoms. The summed E-state index contributed by atoms with van der Waals surface area (Å²) in [4.78, 5) is 17.5. The van der Waals surface area contributed by atoms with Crippen LogP contribution in [0.4, 0.5) is 11.5 Å². The maximum absolute atomic E-state index is 11.1. The number of carbonyl (C=O) groups is 1. The molecule has 102 valence electrons. The number of para-hydroxylation sites is 1. The van der Waals surface area contributed by atoms with E-state index in [4.69, 9.17) is 5.11 Å². The summed E-state index contributed by atoms with van der Waals surface area (Å²) in [7, 11) is 0. The molecule has 4 nitrogen and oxygen atoms in total. The summed E-state index contributed by atoms with van der Waals surface area (Å²) in [6, 6.07) is 13.4. The third-order valence-corrected chi connectivity index (χ3v) is 3.59. The highest BCUT2D eigenvalue weighted by atomic mass is 16.4. The Morgan fingerprint density at radius 2 is 1.95 bits per heavy atom. The lowest BCUT2D eigenvalue weighted by Gasteiger charge is -2.24. The van der Waals surface area contributed by atoms with E-state index in [1.165, 1.54) is 11.6 Å². The summed E-state index contributed by atoms with van der Waals surface area (Å²) in [5, 5.41) is 9.08. The molecule has 0 saturated carbocycles. The van der Waals surface area contributed by atoms with E-state index in [9.17, 15) is 4.79 Å². The summed E-state index contributed by atoms with van der Waals surface area (Å²) in [5.74, 6) is -0.283.